The van der Waals surface area contributed by atoms with E-state index in [2.05, 4.69) is 0 Å². The lowest BCUT2D eigenvalue weighted by atomic mass is 9.49. The van der Waals surface area contributed by atoms with Gasteiger partial charge in [-0.25, -0.2) is 0 Å². The first-order valence-corrected chi connectivity index (χ1v) is 16.6. The van der Waals surface area contributed by atoms with Crippen LogP contribution in [0.1, 0.15) is 58.8 Å². The summed E-state index contributed by atoms with van der Waals surface area (Å²) in [5.74, 6) is -7.81. The van der Waals surface area contributed by atoms with Crippen LogP contribution in [0, 0.1) is 23.7 Å². The molecule has 4 aliphatic carbocycles. The molecule has 0 spiro atoms. The molecule has 2 aliphatic heterocycles. The predicted molar refractivity (Wildman–Crippen MR) is 167 cm³/mol. The van der Waals surface area contributed by atoms with Gasteiger partial charge in [0.2, 0.25) is 0 Å². The highest BCUT2D eigenvalue weighted by molar-refractivity contribution is 5.98. The Morgan fingerprint density at radius 2 is 0.735 bits per heavy atom. The van der Waals surface area contributed by atoms with Crippen molar-refractivity contribution in [2.45, 2.75) is 60.1 Å². The molecule has 4 aromatic carbocycles. The fourth-order valence-corrected chi connectivity index (χ4v) is 12.6. The van der Waals surface area contributed by atoms with Crippen molar-refractivity contribution in [3.05, 3.63) is 70.8 Å². The Balaban J connectivity index is 1.29. The molecule has 2 saturated heterocycles. The highest BCUT2D eigenvalue weighted by Gasteiger charge is 2.95. The van der Waals surface area contributed by atoms with Crippen molar-refractivity contribution in [2.75, 3.05) is 28.4 Å². The summed E-state index contributed by atoms with van der Waals surface area (Å²) < 4.78 is 127. The van der Waals surface area contributed by atoms with Gasteiger partial charge in [0.25, 0.3) is 0 Å². The largest absolute Gasteiger partial charge is 0.496 e. The van der Waals surface area contributed by atoms with Crippen LogP contribution in [0.3, 0.4) is 0 Å². The van der Waals surface area contributed by atoms with E-state index >= 15 is 26.3 Å². The predicted octanol–water partition coefficient (Wildman–Crippen LogP) is 9.01. The average Bonchev–Trinajstić information content (AvgIpc) is 3.91. The third-order valence-corrected chi connectivity index (χ3v) is 13.4. The Kier molecular flexibility index (Phi) is 5.56. The Labute approximate surface area is 277 Å². The lowest BCUT2D eigenvalue weighted by Crippen LogP contribution is -2.62. The molecule has 4 aromatic rings. The second kappa shape index (κ2) is 9.08. The second-order valence-corrected chi connectivity index (χ2v) is 14.6. The summed E-state index contributed by atoms with van der Waals surface area (Å²) in [5, 5.41) is 2.60. The van der Waals surface area contributed by atoms with E-state index in [-0.39, 0.29) is 12.8 Å². The lowest BCUT2D eigenvalue weighted by molar-refractivity contribution is -0.327. The van der Waals surface area contributed by atoms with E-state index in [0.29, 0.717) is 66.8 Å². The SMILES string of the molecule is COc1c2c(c(OC)c3ccccc13)[C@@H]1C[C@H]2[C@@H]2[C@H]1C1(C(F)(F)F)OC2(C(F)(F)F)[C@@H]2[C@H]1[C@@H]1C[C@H]2c2c1c(OC)c1ccccc1c2OC. The highest BCUT2D eigenvalue weighted by atomic mass is 19.4. The van der Waals surface area contributed by atoms with Crippen LogP contribution in [-0.4, -0.2) is 52.0 Å². The fourth-order valence-electron chi connectivity index (χ4n) is 12.6. The molecule has 49 heavy (non-hydrogen) atoms. The maximum atomic E-state index is 16.2. The van der Waals surface area contributed by atoms with Gasteiger partial charge in [0.15, 0.2) is 11.2 Å². The normalized spacial score (nSPS) is 35.9. The molecule has 2 heterocycles. The summed E-state index contributed by atoms with van der Waals surface area (Å²) in [6.45, 7) is 0. The van der Waals surface area contributed by atoms with Gasteiger partial charge in [-0.15, -0.1) is 0 Å². The molecule has 2 unspecified atom stereocenters. The van der Waals surface area contributed by atoms with Crippen molar-refractivity contribution in [1.29, 1.82) is 0 Å². The first kappa shape index (κ1) is 30.0. The smallest absolute Gasteiger partial charge is 0.418 e. The van der Waals surface area contributed by atoms with Gasteiger partial charge in [0, 0.05) is 67.5 Å². The monoisotopic (exact) mass is 682 g/mol. The summed E-state index contributed by atoms with van der Waals surface area (Å²) in [4.78, 5) is 0. The van der Waals surface area contributed by atoms with Crippen molar-refractivity contribution in [3.63, 3.8) is 0 Å². The summed E-state index contributed by atoms with van der Waals surface area (Å²) in [6, 6.07) is 14.4. The molecule has 2 saturated carbocycles. The molecule has 10 rings (SSSR count). The summed E-state index contributed by atoms with van der Waals surface area (Å²) in [7, 11) is 5.83. The van der Waals surface area contributed by atoms with Crippen molar-refractivity contribution in [3.8, 4) is 23.0 Å². The minimum Gasteiger partial charge on any atom is -0.496 e. The van der Waals surface area contributed by atoms with Gasteiger partial charge in [-0.05, 0) is 36.5 Å². The lowest BCUT2D eigenvalue weighted by Gasteiger charge is -2.52. The Morgan fingerprint density at radius 1 is 0.490 bits per heavy atom. The van der Waals surface area contributed by atoms with E-state index in [9.17, 15) is 0 Å². The van der Waals surface area contributed by atoms with Gasteiger partial charge in [0.05, 0.1) is 28.4 Å². The van der Waals surface area contributed by atoms with Crippen LogP contribution >= 0.6 is 0 Å². The van der Waals surface area contributed by atoms with Gasteiger partial charge in [0.1, 0.15) is 23.0 Å². The van der Waals surface area contributed by atoms with Gasteiger partial charge in [-0.3, -0.25) is 0 Å². The van der Waals surface area contributed by atoms with Crippen LogP contribution in [0.2, 0.25) is 0 Å². The van der Waals surface area contributed by atoms with E-state index < -0.39 is 70.9 Å². The molecule has 0 aromatic heterocycles. The zero-order chi connectivity index (χ0) is 34.2. The van der Waals surface area contributed by atoms with Crippen LogP contribution in [0.25, 0.3) is 21.5 Å². The third kappa shape index (κ3) is 2.98. The zero-order valence-electron chi connectivity index (χ0n) is 27.0. The first-order chi connectivity index (χ1) is 23.4. The number of benzene rings is 4. The zero-order valence-corrected chi connectivity index (χ0v) is 27.0. The molecule has 0 radical (unpaired) electrons. The topological polar surface area (TPSA) is 46.2 Å². The van der Waals surface area contributed by atoms with Crippen LogP contribution < -0.4 is 18.9 Å². The van der Waals surface area contributed by atoms with E-state index in [0.717, 1.165) is 0 Å². The van der Waals surface area contributed by atoms with Gasteiger partial charge in [-0.2, -0.15) is 26.3 Å². The van der Waals surface area contributed by atoms with Crippen molar-refractivity contribution in [2.24, 2.45) is 23.7 Å². The quantitative estimate of drug-likeness (QED) is 0.201. The minimum atomic E-state index is -5.10. The van der Waals surface area contributed by atoms with Crippen LogP contribution in [0.5, 0.6) is 23.0 Å². The molecule has 256 valence electrons. The standard InChI is InChI=1S/C38H32F6O5/c1-45-31-15-9-5-6-10-16(15)32(46-2)24-20-13-19(23(24)31)27-28(20)36(38(42,43)44)30-22-14-21(29(30)35(27,49-36)37(39,40)41)25-26(22)34(48-4)18-12-8-7-11-17(18)33(25)47-3/h5-12,19-22,27-30H,13-14H2,1-4H3/t19-,20+,21+,22-,27-,28+,29+,30-,35?,36?. The third-order valence-electron chi connectivity index (χ3n) is 13.4. The van der Waals surface area contributed by atoms with Crippen LogP contribution in [-0.2, 0) is 4.74 Å². The average molecular weight is 683 g/mol. The Hall–Kier alpha value is -3.86. The molecule has 10 atom stereocenters. The van der Waals surface area contributed by atoms with Gasteiger partial charge < -0.3 is 23.7 Å². The highest BCUT2D eigenvalue weighted by Crippen LogP contribution is 2.88. The number of alkyl halides is 6. The van der Waals surface area contributed by atoms with E-state index in [1.807, 2.05) is 0 Å². The molecule has 11 heteroatoms. The number of halogens is 6. The number of ether oxygens (including phenoxy) is 5. The second-order valence-electron chi connectivity index (χ2n) is 14.6. The molecule has 4 fully saturated rings. The number of hydrogen-bond acceptors (Lipinski definition) is 5. The van der Waals surface area contributed by atoms with E-state index in [4.69, 9.17) is 23.7 Å². The fraction of sp³-hybridized carbons (Fsp3) is 0.474. The molecule has 6 bridgehead atoms. The number of methoxy groups -OCH3 is 4. The van der Waals surface area contributed by atoms with Gasteiger partial charge >= 0.3 is 12.4 Å². The molecule has 5 nitrogen and oxygen atoms in total. The molecular weight excluding hydrogens is 650 g/mol. The summed E-state index contributed by atoms with van der Waals surface area (Å²) in [5.41, 5.74) is -4.00. The number of hydrogen-bond donors (Lipinski definition) is 0. The maximum Gasteiger partial charge on any atom is 0.418 e. The number of fused-ring (bicyclic) bond motifs is 24. The molecule has 6 aliphatic rings. The molecular formula is C38H32F6O5. The first-order valence-electron chi connectivity index (χ1n) is 16.6. The molecule has 0 N–H and O–H groups in total. The summed E-state index contributed by atoms with van der Waals surface area (Å²) in [6.07, 6.45) is -9.93. The van der Waals surface area contributed by atoms with E-state index in [1.165, 1.54) is 28.4 Å². The van der Waals surface area contributed by atoms with Crippen molar-refractivity contribution < 1.29 is 50.0 Å². The van der Waals surface area contributed by atoms with Crippen LogP contribution in [0.15, 0.2) is 48.5 Å². The van der Waals surface area contributed by atoms with Crippen molar-refractivity contribution in [1.82, 2.24) is 0 Å². The maximum absolute atomic E-state index is 16.2. The Bertz CT molecular complexity index is 1850. The van der Waals surface area contributed by atoms with Crippen molar-refractivity contribution >= 4 is 21.5 Å². The minimum absolute atomic E-state index is 0.130. The van der Waals surface area contributed by atoms with Crippen LogP contribution in [0.4, 0.5) is 26.3 Å². The summed E-state index contributed by atoms with van der Waals surface area (Å²) >= 11 is 0. The Morgan fingerprint density at radius 3 is 0.939 bits per heavy atom. The van der Waals surface area contributed by atoms with Gasteiger partial charge in [-0.1, -0.05) is 48.5 Å². The number of rotatable bonds is 4. The van der Waals surface area contributed by atoms with E-state index in [1.54, 1.807) is 48.5 Å². The molecule has 0 amide bonds.